The van der Waals surface area contributed by atoms with Gasteiger partial charge in [0.2, 0.25) is 0 Å². The van der Waals surface area contributed by atoms with E-state index in [2.05, 4.69) is 170 Å². The summed E-state index contributed by atoms with van der Waals surface area (Å²) in [6.45, 7) is 0. The Hall–Kier alpha value is -9.00. The minimum Gasteiger partial charge on any atom is -0.208 e. The molecule has 66 heavy (non-hydrogen) atoms. The highest BCUT2D eigenvalue weighted by Crippen LogP contribution is 2.34. The van der Waals surface area contributed by atoms with E-state index in [1.54, 1.807) is 0 Å². The summed E-state index contributed by atoms with van der Waals surface area (Å²) in [5.74, 6) is 3.70. The summed E-state index contributed by atoms with van der Waals surface area (Å²) in [5, 5.41) is 0. The van der Waals surface area contributed by atoms with Gasteiger partial charge < -0.3 is 0 Å². The second-order valence-electron chi connectivity index (χ2n) is 16.0. The van der Waals surface area contributed by atoms with Crippen molar-refractivity contribution in [1.29, 1.82) is 0 Å². The Kier molecular flexibility index (Phi) is 10.9. The number of hydrogen-bond donors (Lipinski definition) is 0. The molecule has 0 bridgehead atoms. The molecule has 0 atom stereocenters. The highest BCUT2D eigenvalue weighted by Gasteiger charge is 2.16. The molecule has 11 rings (SSSR count). The van der Waals surface area contributed by atoms with Gasteiger partial charge >= 0.3 is 0 Å². The predicted octanol–water partition coefficient (Wildman–Crippen LogP) is 14.7. The Morgan fingerprint density at radius 3 is 0.621 bits per heavy atom. The summed E-state index contributed by atoms with van der Waals surface area (Å²) in [5.41, 5.74) is 14.3. The van der Waals surface area contributed by atoms with Crippen LogP contribution in [0, 0.1) is 0 Å². The van der Waals surface area contributed by atoms with Gasteiger partial charge in [-0.25, -0.2) is 29.9 Å². The van der Waals surface area contributed by atoms with Crippen LogP contribution >= 0.6 is 0 Å². The third-order valence-corrected chi connectivity index (χ3v) is 11.6. The van der Waals surface area contributed by atoms with Crippen molar-refractivity contribution in [3.05, 3.63) is 243 Å². The number of hydrogen-bond acceptors (Lipinski definition) is 6. The lowest BCUT2D eigenvalue weighted by molar-refractivity contribution is 1.07. The minimum absolute atomic E-state index is 0.599. The molecule has 0 amide bonds. The maximum absolute atomic E-state index is 5.12. The van der Waals surface area contributed by atoms with E-state index in [0.717, 1.165) is 77.9 Å². The standard InChI is InChI=1S/C60H40N6/c1-5-16-41(17-6-1)43-30-34-47(35-31-43)57-62-58(48-36-32-44(33-37-48)42-18-7-2-8-19-42)66-60(65-57)54-29-15-27-52(40-54)50-25-13-24-49(38-50)51-26-14-28-53(39-51)59-63-55(45-20-9-3-10-21-45)61-56(64-59)46-22-11-4-12-23-46/h1-40H. The number of nitrogens with zero attached hydrogens (tertiary/aromatic N) is 6. The van der Waals surface area contributed by atoms with Gasteiger partial charge in [0, 0.05) is 33.4 Å². The molecule has 11 aromatic rings. The van der Waals surface area contributed by atoms with Crippen LogP contribution in [0.25, 0.3) is 113 Å². The van der Waals surface area contributed by atoms with Gasteiger partial charge in [-0.1, -0.05) is 224 Å². The van der Waals surface area contributed by atoms with Gasteiger partial charge in [-0.3, -0.25) is 0 Å². The Morgan fingerprint density at radius 1 is 0.136 bits per heavy atom. The van der Waals surface area contributed by atoms with E-state index in [9.17, 15) is 0 Å². The maximum atomic E-state index is 5.12. The average molecular weight is 845 g/mol. The van der Waals surface area contributed by atoms with E-state index < -0.39 is 0 Å². The van der Waals surface area contributed by atoms with Gasteiger partial charge in [0.05, 0.1) is 0 Å². The normalized spacial score (nSPS) is 11.0. The lowest BCUT2D eigenvalue weighted by Gasteiger charge is -2.12. The monoisotopic (exact) mass is 844 g/mol. The van der Waals surface area contributed by atoms with E-state index in [-0.39, 0.29) is 0 Å². The van der Waals surface area contributed by atoms with Gasteiger partial charge in [-0.2, -0.15) is 0 Å². The first-order valence-electron chi connectivity index (χ1n) is 21.9. The van der Waals surface area contributed by atoms with Crippen LogP contribution in [0.3, 0.4) is 0 Å². The van der Waals surface area contributed by atoms with Crippen LogP contribution < -0.4 is 0 Å². The van der Waals surface area contributed by atoms with Gasteiger partial charge in [0.25, 0.3) is 0 Å². The molecule has 9 aromatic carbocycles. The minimum atomic E-state index is 0.599. The van der Waals surface area contributed by atoms with Crippen LogP contribution in [0.1, 0.15) is 0 Å². The van der Waals surface area contributed by atoms with Gasteiger partial charge in [0.15, 0.2) is 34.9 Å². The Morgan fingerprint density at radius 2 is 0.318 bits per heavy atom. The summed E-state index contributed by atoms with van der Waals surface area (Å²) in [6, 6.07) is 83.2. The molecule has 0 spiro atoms. The predicted molar refractivity (Wildman–Crippen MR) is 268 cm³/mol. The lowest BCUT2D eigenvalue weighted by Crippen LogP contribution is -2.00. The quantitative estimate of drug-likeness (QED) is 0.136. The fraction of sp³-hybridized carbons (Fsp3) is 0. The third-order valence-electron chi connectivity index (χ3n) is 11.6. The molecule has 0 aliphatic carbocycles. The molecule has 310 valence electrons. The lowest BCUT2D eigenvalue weighted by atomic mass is 9.97. The molecule has 0 aliphatic rings. The van der Waals surface area contributed by atoms with E-state index in [0.29, 0.717) is 34.9 Å². The van der Waals surface area contributed by atoms with E-state index in [1.807, 2.05) is 72.8 Å². The van der Waals surface area contributed by atoms with Crippen molar-refractivity contribution in [2.75, 3.05) is 0 Å². The van der Waals surface area contributed by atoms with Gasteiger partial charge in [-0.05, 0) is 62.7 Å². The van der Waals surface area contributed by atoms with Crippen molar-refractivity contribution < 1.29 is 0 Å². The Bertz CT molecular complexity index is 3270. The third kappa shape index (κ3) is 8.54. The zero-order valence-corrected chi connectivity index (χ0v) is 35.8. The highest BCUT2D eigenvalue weighted by molar-refractivity contribution is 5.79. The van der Waals surface area contributed by atoms with Crippen molar-refractivity contribution in [2.45, 2.75) is 0 Å². The number of rotatable bonds is 10. The van der Waals surface area contributed by atoms with E-state index >= 15 is 0 Å². The maximum Gasteiger partial charge on any atom is 0.164 e. The molecule has 6 nitrogen and oxygen atoms in total. The molecule has 0 aliphatic heterocycles. The van der Waals surface area contributed by atoms with Crippen LogP contribution in [-0.2, 0) is 0 Å². The van der Waals surface area contributed by atoms with Gasteiger partial charge in [0.1, 0.15) is 0 Å². The van der Waals surface area contributed by atoms with Crippen LogP contribution in [-0.4, -0.2) is 29.9 Å². The second kappa shape index (κ2) is 18.0. The molecule has 0 saturated carbocycles. The molecule has 0 N–H and O–H groups in total. The number of aromatic nitrogens is 6. The molecule has 0 fully saturated rings. The summed E-state index contributed by atoms with van der Waals surface area (Å²) in [4.78, 5) is 30.2. The first kappa shape index (κ1) is 39.8. The molecule has 0 radical (unpaired) electrons. The zero-order valence-electron chi connectivity index (χ0n) is 35.8. The van der Waals surface area contributed by atoms with Crippen molar-refractivity contribution >= 4 is 0 Å². The zero-order chi connectivity index (χ0) is 44.1. The summed E-state index contributed by atoms with van der Waals surface area (Å²) < 4.78 is 0. The van der Waals surface area contributed by atoms with E-state index in [4.69, 9.17) is 29.9 Å². The summed E-state index contributed by atoms with van der Waals surface area (Å²) in [6.07, 6.45) is 0. The largest absolute Gasteiger partial charge is 0.208 e. The summed E-state index contributed by atoms with van der Waals surface area (Å²) >= 11 is 0. The Balaban J connectivity index is 0.943. The molecule has 0 unspecified atom stereocenters. The molecular weight excluding hydrogens is 805 g/mol. The first-order chi connectivity index (χ1) is 32.7. The molecule has 0 saturated heterocycles. The molecule has 2 aromatic heterocycles. The molecular formula is C60H40N6. The van der Waals surface area contributed by atoms with Crippen molar-refractivity contribution in [3.63, 3.8) is 0 Å². The van der Waals surface area contributed by atoms with E-state index in [1.165, 1.54) is 0 Å². The first-order valence-corrected chi connectivity index (χ1v) is 21.9. The average Bonchev–Trinajstić information content (AvgIpc) is 3.42. The van der Waals surface area contributed by atoms with Crippen LogP contribution in [0.4, 0.5) is 0 Å². The smallest absolute Gasteiger partial charge is 0.164 e. The summed E-state index contributed by atoms with van der Waals surface area (Å²) in [7, 11) is 0. The molecule has 2 heterocycles. The topological polar surface area (TPSA) is 77.3 Å². The van der Waals surface area contributed by atoms with Crippen molar-refractivity contribution in [2.24, 2.45) is 0 Å². The Labute approximate surface area is 383 Å². The van der Waals surface area contributed by atoms with Crippen molar-refractivity contribution in [3.8, 4) is 113 Å². The van der Waals surface area contributed by atoms with Crippen molar-refractivity contribution in [1.82, 2.24) is 29.9 Å². The van der Waals surface area contributed by atoms with Crippen LogP contribution in [0.5, 0.6) is 0 Å². The van der Waals surface area contributed by atoms with Crippen LogP contribution in [0.15, 0.2) is 243 Å². The SMILES string of the molecule is c1ccc(-c2ccc(-c3nc(-c4ccc(-c5ccccc5)cc4)nc(-c4cccc(-c5cccc(-c6cccc(-c7nc(-c8ccccc8)nc(-c8ccccc8)n7)c6)c5)c4)n3)cc2)cc1. The second-order valence-corrected chi connectivity index (χ2v) is 16.0. The molecule has 6 heteroatoms. The fourth-order valence-corrected chi connectivity index (χ4v) is 8.14. The van der Waals surface area contributed by atoms with Gasteiger partial charge in [-0.15, -0.1) is 0 Å². The highest BCUT2D eigenvalue weighted by atomic mass is 15.0. The number of benzene rings is 9. The van der Waals surface area contributed by atoms with Crippen LogP contribution in [0.2, 0.25) is 0 Å². The fourth-order valence-electron chi connectivity index (χ4n) is 8.14.